The average Bonchev–Trinajstić information content (AvgIpc) is 3.11. The highest BCUT2D eigenvalue weighted by atomic mass is 32.2. The first kappa shape index (κ1) is 15.9. The molecule has 5 nitrogen and oxygen atoms in total. The Morgan fingerprint density at radius 2 is 2.13 bits per heavy atom. The van der Waals surface area contributed by atoms with Crippen molar-refractivity contribution < 1.29 is 9.53 Å². The second kappa shape index (κ2) is 7.08. The zero-order valence-electron chi connectivity index (χ0n) is 13.5. The molecule has 1 N–H and O–H groups in total. The van der Waals surface area contributed by atoms with Crippen LogP contribution in [-0.2, 0) is 24.7 Å². The van der Waals surface area contributed by atoms with Gasteiger partial charge in [0, 0.05) is 29.7 Å². The Bertz CT molecular complexity index is 695. The molecule has 0 bridgehead atoms. The van der Waals surface area contributed by atoms with E-state index in [0.717, 1.165) is 47.2 Å². The Hall–Kier alpha value is -1.95. The SMILES string of the molecule is COc1ccc(SCCC(=O)Nc2c3c(nn2C)CCC3)cc1. The summed E-state index contributed by atoms with van der Waals surface area (Å²) in [6.07, 6.45) is 3.65. The Labute approximate surface area is 140 Å². The predicted octanol–water partition coefficient (Wildman–Crippen LogP) is 3.04. The van der Waals surface area contributed by atoms with Gasteiger partial charge in [0.25, 0.3) is 0 Å². The van der Waals surface area contributed by atoms with Crippen LogP contribution < -0.4 is 10.1 Å². The molecule has 0 atom stereocenters. The molecule has 0 unspecified atom stereocenters. The van der Waals surface area contributed by atoms with Gasteiger partial charge in [-0.05, 0) is 43.5 Å². The summed E-state index contributed by atoms with van der Waals surface area (Å²) in [5.41, 5.74) is 2.35. The number of carbonyl (C=O) groups excluding carboxylic acids is 1. The lowest BCUT2D eigenvalue weighted by Gasteiger charge is -2.08. The molecule has 0 spiro atoms. The molecule has 1 aliphatic carbocycles. The Morgan fingerprint density at radius 3 is 2.87 bits per heavy atom. The van der Waals surface area contributed by atoms with Crippen LogP contribution in [0.4, 0.5) is 5.82 Å². The van der Waals surface area contributed by atoms with Gasteiger partial charge in [0.2, 0.25) is 5.91 Å². The Morgan fingerprint density at radius 1 is 1.35 bits per heavy atom. The number of nitrogens with zero attached hydrogens (tertiary/aromatic N) is 2. The Kier molecular flexibility index (Phi) is 4.91. The lowest BCUT2D eigenvalue weighted by molar-refractivity contribution is -0.115. The minimum atomic E-state index is 0.0451. The molecule has 0 aliphatic heterocycles. The van der Waals surface area contributed by atoms with Crippen molar-refractivity contribution in [3.63, 3.8) is 0 Å². The van der Waals surface area contributed by atoms with Crippen LogP contribution in [0, 0.1) is 0 Å². The predicted molar refractivity (Wildman–Crippen MR) is 92.2 cm³/mol. The van der Waals surface area contributed by atoms with E-state index >= 15 is 0 Å². The zero-order valence-corrected chi connectivity index (χ0v) is 14.3. The highest BCUT2D eigenvalue weighted by Crippen LogP contribution is 2.28. The van der Waals surface area contributed by atoms with Gasteiger partial charge in [0.05, 0.1) is 12.8 Å². The van der Waals surface area contributed by atoms with Gasteiger partial charge in [0.1, 0.15) is 11.6 Å². The third-order valence-corrected chi connectivity index (χ3v) is 5.00. The summed E-state index contributed by atoms with van der Waals surface area (Å²) >= 11 is 1.67. The lowest BCUT2D eigenvalue weighted by atomic mass is 10.2. The van der Waals surface area contributed by atoms with Gasteiger partial charge in [-0.15, -0.1) is 11.8 Å². The molecule has 122 valence electrons. The van der Waals surface area contributed by atoms with Crippen molar-refractivity contribution in [3.8, 4) is 5.75 Å². The largest absolute Gasteiger partial charge is 0.497 e. The first-order valence-corrected chi connectivity index (χ1v) is 8.77. The molecule has 23 heavy (non-hydrogen) atoms. The zero-order chi connectivity index (χ0) is 16.2. The number of rotatable bonds is 6. The van der Waals surface area contributed by atoms with Gasteiger partial charge >= 0.3 is 0 Å². The van der Waals surface area contributed by atoms with E-state index in [-0.39, 0.29) is 5.91 Å². The van der Waals surface area contributed by atoms with Gasteiger partial charge in [-0.2, -0.15) is 5.10 Å². The van der Waals surface area contributed by atoms with Crippen LogP contribution in [0.25, 0.3) is 0 Å². The Balaban J connectivity index is 1.50. The summed E-state index contributed by atoms with van der Waals surface area (Å²) in [5, 5.41) is 7.50. The van der Waals surface area contributed by atoms with Crippen molar-refractivity contribution >= 4 is 23.5 Å². The molecule has 1 aliphatic rings. The minimum Gasteiger partial charge on any atom is -0.497 e. The number of ether oxygens (including phenoxy) is 1. The van der Waals surface area contributed by atoms with Crippen LogP contribution in [0.2, 0.25) is 0 Å². The third-order valence-electron chi connectivity index (χ3n) is 3.98. The smallest absolute Gasteiger partial charge is 0.226 e. The maximum atomic E-state index is 12.2. The van der Waals surface area contributed by atoms with E-state index in [4.69, 9.17) is 4.74 Å². The molecule has 0 saturated carbocycles. The van der Waals surface area contributed by atoms with Gasteiger partial charge in [0.15, 0.2) is 0 Å². The van der Waals surface area contributed by atoms with Crippen molar-refractivity contribution in [2.24, 2.45) is 7.05 Å². The van der Waals surface area contributed by atoms with Crippen molar-refractivity contribution in [1.29, 1.82) is 0 Å². The second-order valence-corrected chi connectivity index (χ2v) is 6.74. The molecular formula is C17H21N3O2S. The molecule has 3 rings (SSSR count). The summed E-state index contributed by atoms with van der Waals surface area (Å²) in [6, 6.07) is 7.88. The minimum absolute atomic E-state index is 0.0451. The molecule has 1 heterocycles. The second-order valence-electron chi connectivity index (χ2n) is 5.57. The van der Waals surface area contributed by atoms with Gasteiger partial charge < -0.3 is 10.1 Å². The number of hydrogen-bond acceptors (Lipinski definition) is 4. The summed E-state index contributed by atoms with van der Waals surface area (Å²) in [4.78, 5) is 13.3. The summed E-state index contributed by atoms with van der Waals surface area (Å²) in [6.45, 7) is 0. The number of nitrogens with one attached hydrogen (secondary N) is 1. The van der Waals surface area contributed by atoms with Crippen LogP contribution >= 0.6 is 11.8 Å². The summed E-state index contributed by atoms with van der Waals surface area (Å²) in [5.74, 6) is 2.51. The highest BCUT2D eigenvalue weighted by Gasteiger charge is 2.21. The van der Waals surface area contributed by atoms with Crippen LogP contribution in [0.5, 0.6) is 5.75 Å². The first-order chi connectivity index (χ1) is 11.2. The fraction of sp³-hybridized carbons (Fsp3) is 0.412. The number of fused-ring (bicyclic) bond motifs is 1. The van der Waals surface area contributed by atoms with Crippen molar-refractivity contribution in [2.75, 3.05) is 18.2 Å². The number of methoxy groups -OCH3 is 1. The normalized spacial score (nSPS) is 13.0. The molecule has 1 amide bonds. The van der Waals surface area contributed by atoms with E-state index in [1.807, 2.05) is 31.3 Å². The average molecular weight is 331 g/mol. The van der Waals surface area contributed by atoms with Gasteiger partial charge in [-0.3, -0.25) is 9.48 Å². The van der Waals surface area contributed by atoms with E-state index in [1.165, 1.54) is 5.56 Å². The first-order valence-electron chi connectivity index (χ1n) is 7.79. The van der Waals surface area contributed by atoms with Crippen molar-refractivity contribution in [1.82, 2.24) is 9.78 Å². The third kappa shape index (κ3) is 3.69. The number of anilines is 1. The molecule has 1 aromatic carbocycles. The van der Waals surface area contributed by atoms with Gasteiger partial charge in [-0.1, -0.05) is 0 Å². The summed E-state index contributed by atoms with van der Waals surface area (Å²) < 4.78 is 6.93. The molecule has 2 aromatic rings. The van der Waals surface area contributed by atoms with E-state index in [2.05, 4.69) is 10.4 Å². The number of aryl methyl sites for hydroxylation is 2. The van der Waals surface area contributed by atoms with E-state index in [0.29, 0.717) is 6.42 Å². The molecule has 0 radical (unpaired) electrons. The van der Waals surface area contributed by atoms with E-state index in [9.17, 15) is 4.79 Å². The number of carbonyl (C=O) groups is 1. The number of thioether (sulfide) groups is 1. The quantitative estimate of drug-likeness (QED) is 0.827. The van der Waals surface area contributed by atoms with Crippen molar-refractivity contribution in [2.45, 2.75) is 30.6 Å². The fourth-order valence-electron chi connectivity index (χ4n) is 2.80. The van der Waals surface area contributed by atoms with Crippen LogP contribution in [-0.4, -0.2) is 28.6 Å². The van der Waals surface area contributed by atoms with Crippen molar-refractivity contribution in [3.05, 3.63) is 35.5 Å². The molecule has 1 aromatic heterocycles. The topological polar surface area (TPSA) is 56.1 Å². The number of benzene rings is 1. The highest BCUT2D eigenvalue weighted by molar-refractivity contribution is 7.99. The number of amides is 1. The number of aromatic nitrogens is 2. The van der Waals surface area contributed by atoms with E-state index < -0.39 is 0 Å². The maximum Gasteiger partial charge on any atom is 0.226 e. The number of hydrogen-bond donors (Lipinski definition) is 1. The van der Waals surface area contributed by atoms with Gasteiger partial charge in [-0.25, -0.2) is 0 Å². The van der Waals surface area contributed by atoms with Crippen LogP contribution in [0.3, 0.4) is 0 Å². The maximum absolute atomic E-state index is 12.2. The van der Waals surface area contributed by atoms with Crippen LogP contribution in [0.15, 0.2) is 29.2 Å². The van der Waals surface area contributed by atoms with Crippen LogP contribution in [0.1, 0.15) is 24.1 Å². The van der Waals surface area contributed by atoms with E-state index in [1.54, 1.807) is 23.6 Å². The summed E-state index contributed by atoms with van der Waals surface area (Å²) in [7, 11) is 3.54. The molecule has 0 fully saturated rings. The molecular weight excluding hydrogens is 310 g/mol. The fourth-order valence-corrected chi connectivity index (χ4v) is 3.66. The molecule has 6 heteroatoms. The molecule has 0 saturated heterocycles. The lowest BCUT2D eigenvalue weighted by Crippen LogP contribution is -2.16. The monoisotopic (exact) mass is 331 g/mol. The standard InChI is InChI=1S/C17H21N3O2S/c1-20-17(14-4-3-5-15(14)19-20)18-16(21)10-11-23-13-8-6-12(22-2)7-9-13/h6-9H,3-5,10-11H2,1-2H3,(H,18,21).